The summed E-state index contributed by atoms with van der Waals surface area (Å²) in [5, 5.41) is 3.51. The van der Waals surface area contributed by atoms with Crippen molar-refractivity contribution in [1.29, 1.82) is 0 Å². The van der Waals surface area contributed by atoms with Crippen LogP contribution in [0.1, 0.15) is 19.4 Å². The van der Waals surface area contributed by atoms with Crippen molar-refractivity contribution in [2.75, 3.05) is 5.32 Å². The molecule has 0 saturated heterocycles. The molecule has 0 amide bonds. The lowest BCUT2D eigenvalue weighted by atomic mass is 10.0. The molecule has 0 radical (unpaired) electrons. The molecule has 0 aliphatic carbocycles. The largest absolute Gasteiger partial charge is 0.382 e. The molecule has 0 aromatic heterocycles. The summed E-state index contributed by atoms with van der Waals surface area (Å²) in [5.74, 6) is 0.590. The van der Waals surface area contributed by atoms with Gasteiger partial charge in [0.1, 0.15) is 0 Å². The minimum atomic E-state index is 0.514. The summed E-state index contributed by atoms with van der Waals surface area (Å²) in [6, 6.07) is 8.94. The quantitative estimate of drug-likeness (QED) is 0.635. The van der Waals surface area contributed by atoms with Gasteiger partial charge in [-0.25, -0.2) is 0 Å². The fourth-order valence-electron chi connectivity index (χ4n) is 1.57. The molecule has 68 valence electrons. The van der Waals surface area contributed by atoms with Crippen LogP contribution in [0.5, 0.6) is 0 Å². The Balaban J connectivity index is 2.40. The number of fused-ring (bicyclic) bond motifs is 1. The SMILES string of the molecule is C[C@@H]1C=Cc2ccccc2N[C@H]1C. The van der Waals surface area contributed by atoms with Gasteiger partial charge in [0.15, 0.2) is 0 Å². The Labute approximate surface area is 79.5 Å². The number of rotatable bonds is 0. The Kier molecular flexibility index (Phi) is 2.09. The molecule has 1 heteroatoms. The van der Waals surface area contributed by atoms with E-state index in [1.807, 2.05) is 0 Å². The molecule has 1 aliphatic heterocycles. The zero-order chi connectivity index (χ0) is 9.26. The van der Waals surface area contributed by atoms with E-state index in [1.165, 1.54) is 11.3 Å². The van der Waals surface area contributed by atoms with Gasteiger partial charge < -0.3 is 5.32 Å². The lowest BCUT2D eigenvalue weighted by Crippen LogP contribution is -2.21. The average Bonchev–Trinajstić information content (AvgIpc) is 2.28. The maximum atomic E-state index is 3.51. The number of nitrogens with one attached hydrogen (secondary N) is 1. The first-order valence-electron chi connectivity index (χ1n) is 4.81. The summed E-state index contributed by atoms with van der Waals surface area (Å²) in [6.45, 7) is 4.46. The molecule has 1 aromatic carbocycles. The predicted molar refractivity (Wildman–Crippen MR) is 57.7 cm³/mol. The summed E-state index contributed by atoms with van der Waals surface area (Å²) in [4.78, 5) is 0. The highest BCUT2D eigenvalue weighted by Crippen LogP contribution is 2.24. The van der Waals surface area contributed by atoms with Gasteiger partial charge in [-0.2, -0.15) is 0 Å². The van der Waals surface area contributed by atoms with Gasteiger partial charge in [0.2, 0.25) is 0 Å². The van der Waals surface area contributed by atoms with Gasteiger partial charge in [0.25, 0.3) is 0 Å². The van der Waals surface area contributed by atoms with E-state index in [2.05, 4.69) is 55.6 Å². The van der Waals surface area contributed by atoms with E-state index in [1.54, 1.807) is 0 Å². The Morgan fingerprint density at radius 3 is 2.77 bits per heavy atom. The molecule has 0 fully saturated rings. The van der Waals surface area contributed by atoms with Crippen LogP contribution in [0.25, 0.3) is 6.08 Å². The first-order chi connectivity index (χ1) is 6.27. The van der Waals surface area contributed by atoms with Crippen molar-refractivity contribution in [3.8, 4) is 0 Å². The van der Waals surface area contributed by atoms with E-state index >= 15 is 0 Å². The maximum Gasteiger partial charge on any atom is 0.0415 e. The number of anilines is 1. The van der Waals surface area contributed by atoms with Crippen LogP contribution < -0.4 is 5.32 Å². The summed E-state index contributed by atoms with van der Waals surface area (Å²) in [5.41, 5.74) is 2.54. The normalized spacial score (nSPS) is 26.0. The van der Waals surface area contributed by atoms with E-state index in [9.17, 15) is 0 Å². The number of hydrogen-bond donors (Lipinski definition) is 1. The lowest BCUT2D eigenvalue weighted by molar-refractivity contribution is 0.623. The van der Waals surface area contributed by atoms with Gasteiger partial charge in [-0.1, -0.05) is 37.3 Å². The van der Waals surface area contributed by atoms with Crippen LogP contribution in [-0.2, 0) is 0 Å². The van der Waals surface area contributed by atoms with Gasteiger partial charge in [-0.15, -0.1) is 0 Å². The van der Waals surface area contributed by atoms with Gasteiger partial charge in [0, 0.05) is 11.7 Å². The highest BCUT2D eigenvalue weighted by molar-refractivity contribution is 5.68. The molecule has 0 unspecified atom stereocenters. The third-order valence-electron chi connectivity index (χ3n) is 2.71. The van der Waals surface area contributed by atoms with Crippen LogP contribution >= 0.6 is 0 Å². The van der Waals surface area contributed by atoms with Gasteiger partial charge in [-0.3, -0.25) is 0 Å². The minimum absolute atomic E-state index is 0.514. The summed E-state index contributed by atoms with van der Waals surface area (Å²) in [6.07, 6.45) is 4.47. The van der Waals surface area contributed by atoms with Crippen LogP contribution in [0.15, 0.2) is 30.3 Å². The Bertz CT molecular complexity index is 328. The zero-order valence-electron chi connectivity index (χ0n) is 8.12. The van der Waals surface area contributed by atoms with Crippen molar-refractivity contribution in [2.24, 2.45) is 5.92 Å². The fraction of sp³-hybridized carbons (Fsp3) is 0.333. The van der Waals surface area contributed by atoms with E-state index in [-0.39, 0.29) is 0 Å². The van der Waals surface area contributed by atoms with Crippen molar-refractivity contribution < 1.29 is 0 Å². The number of benzene rings is 1. The zero-order valence-corrected chi connectivity index (χ0v) is 8.12. The van der Waals surface area contributed by atoms with Crippen LogP contribution in [0, 0.1) is 5.92 Å². The van der Waals surface area contributed by atoms with Crippen molar-refractivity contribution in [2.45, 2.75) is 19.9 Å². The predicted octanol–water partition coefficient (Wildman–Crippen LogP) is 3.15. The maximum absolute atomic E-state index is 3.51. The summed E-state index contributed by atoms with van der Waals surface area (Å²) >= 11 is 0. The van der Waals surface area contributed by atoms with Crippen molar-refractivity contribution >= 4 is 11.8 Å². The van der Waals surface area contributed by atoms with Gasteiger partial charge in [0.05, 0.1) is 0 Å². The van der Waals surface area contributed by atoms with Crippen LogP contribution in [0.3, 0.4) is 0 Å². The molecule has 1 N–H and O–H groups in total. The second-order valence-corrected chi connectivity index (χ2v) is 3.74. The van der Waals surface area contributed by atoms with Crippen molar-refractivity contribution in [3.05, 3.63) is 35.9 Å². The van der Waals surface area contributed by atoms with E-state index in [0.717, 1.165) is 0 Å². The molecule has 13 heavy (non-hydrogen) atoms. The molecule has 0 bridgehead atoms. The molecule has 0 spiro atoms. The third kappa shape index (κ3) is 1.59. The molecule has 2 atom stereocenters. The molecular formula is C12H15N. The number of para-hydroxylation sites is 1. The van der Waals surface area contributed by atoms with Gasteiger partial charge >= 0.3 is 0 Å². The summed E-state index contributed by atoms with van der Waals surface area (Å²) in [7, 11) is 0. The molecule has 1 nitrogen and oxygen atoms in total. The first-order valence-corrected chi connectivity index (χ1v) is 4.81. The topological polar surface area (TPSA) is 12.0 Å². The van der Waals surface area contributed by atoms with Crippen LogP contribution in [0.2, 0.25) is 0 Å². The molecule has 2 rings (SSSR count). The smallest absolute Gasteiger partial charge is 0.0415 e. The van der Waals surface area contributed by atoms with E-state index < -0.39 is 0 Å². The second kappa shape index (κ2) is 3.25. The first kappa shape index (κ1) is 8.36. The van der Waals surface area contributed by atoms with Crippen LogP contribution in [0.4, 0.5) is 5.69 Å². The lowest BCUT2D eigenvalue weighted by Gasteiger charge is -2.17. The minimum Gasteiger partial charge on any atom is -0.382 e. The summed E-state index contributed by atoms with van der Waals surface area (Å²) < 4.78 is 0. The second-order valence-electron chi connectivity index (χ2n) is 3.74. The van der Waals surface area contributed by atoms with Crippen LogP contribution in [-0.4, -0.2) is 6.04 Å². The Morgan fingerprint density at radius 2 is 1.92 bits per heavy atom. The molecule has 1 heterocycles. The van der Waals surface area contributed by atoms with E-state index in [0.29, 0.717) is 12.0 Å². The number of hydrogen-bond acceptors (Lipinski definition) is 1. The molecule has 1 aliphatic rings. The highest BCUT2D eigenvalue weighted by Gasteiger charge is 2.13. The van der Waals surface area contributed by atoms with Crippen molar-refractivity contribution in [3.63, 3.8) is 0 Å². The molecule has 1 aromatic rings. The average molecular weight is 173 g/mol. The van der Waals surface area contributed by atoms with Gasteiger partial charge in [-0.05, 0) is 24.5 Å². The molecule has 0 saturated carbocycles. The Morgan fingerprint density at radius 1 is 1.15 bits per heavy atom. The standard InChI is InChI=1S/C12H15N/c1-9-7-8-11-5-3-4-6-12(11)13-10(9)2/h3-10,13H,1-2H3/t9-,10+/m1/s1. The fourth-order valence-corrected chi connectivity index (χ4v) is 1.57. The monoisotopic (exact) mass is 173 g/mol. The third-order valence-corrected chi connectivity index (χ3v) is 2.71. The van der Waals surface area contributed by atoms with E-state index in [4.69, 9.17) is 0 Å². The Hall–Kier alpha value is -1.24. The molecular weight excluding hydrogens is 158 g/mol. The highest BCUT2D eigenvalue weighted by atomic mass is 14.9. The van der Waals surface area contributed by atoms with Crippen molar-refractivity contribution in [1.82, 2.24) is 0 Å².